The van der Waals surface area contributed by atoms with Crippen LogP contribution in [0.5, 0.6) is 0 Å². The summed E-state index contributed by atoms with van der Waals surface area (Å²) in [6, 6.07) is 7.97. The Morgan fingerprint density at radius 2 is 1.89 bits per heavy atom. The lowest BCUT2D eigenvalue weighted by atomic mass is 10.2. The molecule has 0 unspecified atom stereocenters. The van der Waals surface area contributed by atoms with Gasteiger partial charge in [-0.25, -0.2) is 9.97 Å². The fraction of sp³-hybridized carbons (Fsp3) is 0.286. The highest BCUT2D eigenvalue weighted by Crippen LogP contribution is 2.24. The maximum Gasteiger partial charge on any atom is 0.160 e. The third-order valence-corrected chi connectivity index (χ3v) is 3.27. The first-order valence-electron chi connectivity index (χ1n) is 6.08. The molecule has 1 aromatic carbocycles. The highest BCUT2D eigenvalue weighted by atomic mass is 79.9. The largest absolute Gasteiger partial charge is 0.313 e. The first-order valence-corrected chi connectivity index (χ1v) is 6.87. The predicted octanol–water partition coefficient (Wildman–Crippen LogP) is 3.41. The molecular formula is C14H16BrN3. The van der Waals surface area contributed by atoms with Crippen LogP contribution in [-0.4, -0.2) is 16.5 Å². The molecule has 0 fully saturated rings. The van der Waals surface area contributed by atoms with Gasteiger partial charge in [0, 0.05) is 34.5 Å². The Labute approximate surface area is 116 Å². The molecule has 1 aromatic heterocycles. The van der Waals surface area contributed by atoms with Crippen LogP contribution in [0, 0.1) is 0 Å². The van der Waals surface area contributed by atoms with E-state index in [4.69, 9.17) is 0 Å². The average Bonchev–Trinajstić information content (AvgIpc) is 2.41. The lowest BCUT2D eigenvalue weighted by molar-refractivity contribution is 0.672. The topological polar surface area (TPSA) is 37.8 Å². The number of rotatable bonds is 5. The molecule has 2 aromatic rings. The number of hydrogen-bond donors (Lipinski definition) is 1. The van der Waals surface area contributed by atoms with E-state index in [2.05, 4.69) is 38.1 Å². The minimum absolute atomic E-state index is 0.752. The Kier molecular flexibility index (Phi) is 4.84. The molecule has 0 radical (unpaired) electrons. The summed E-state index contributed by atoms with van der Waals surface area (Å²) < 4.78 is 1.02. The lowest BCUT2D eigenvalue weighted by Crippen LogP contribution is -2.14. The maximum absolute atomic E-state index is 4.41. The Balaban J connectivity index is 2.10. The van der Waals surface area contributed by atoms with E-state index in [0.717, 1.165) is 40.9 Å². The summed E-state index contributed by atoms with van der Waals surface area (Å²) in [5.74, 6) is 0.752. The summed E-state index contributed by atoms with van der Waals surface area (Å²) in [5.41, 5.74) is 2.13. The molecule has 2 rings (SSSR count). The van der Waals surface area contributed by atoms with Crippen molar-refractivity contribution in [1.29, 1.82) is 0 Å². The van der Waals surface area contributed by atoms with Gasteiger partial charge in [-0.3, -0.25) is 0 Å². The summed E-state index contributed by atoms with van der Waals surface area (Å²) in [7, 11) is 0. The predicted molar refractivity (Wildman–Crippen MR) is 77.2 cm³/mol. The van der Waals surface area contributed by atoms with Crippen LogP contribution in [0.1, 0.15) is 18.9 Å². The van der Waals surface area contributed by atoms with E-state index in [0.29, 0.717) is 0 Å². The van der Waals surface area contributed by atoms with Crippen molar-refractivity contribution in [3.05, 3.63) is 46.7 Å². The molecular weight excluding hydrogens is 290 g/mol. The van der Waals surface area contributed by atoms with E-state index < -0.39 is 0 Å². The molecule has 0 amide bonds. The number of halogens is 1. The third kappa shape index (κ3) is 3.37. The van der Waals surface area contributed by atoms with Crippen molar-refractivity contribution < 1.29 is 0 Å². The van der Waals surface area contributed by atoms with Crippen molar-refractivity contribution in [2.75, 3.05) is 6.54 Å². The monoisotopic (exact) mass is 305 g/mol. The molecule has 0 saturated heterocycles. The Morgan fingerprint density at radius 3 is 2.56 bits per heavy atom. The van der Waals surface area contributed by atoms with Gasteiger partial charge in [-0.05, 0) is 19.0 Å². The molecule has 0 aliphatic heterocycles. The smallest absolute Gasteiger partial charge is 0.160 e. The zero-order valence-corrected chi connectivity index (χ0v) is 11.9. The van der Waals surface area contributed by atoms with Gasteiger partial charge in [-0.1, -0.05) is 41.1 Å². The van der Waals surface area contributed by atoms with Crippen LogP contribution in [0.4, 0.5) is 0 Å². The zero-order chi connectivity index (χ0) is 12.8. The van der Waals surface area contributed by atoms with E-state index in [9.17, 15) is 0 Å². The van der Waals surface area contributed by atoms with Crippen LogP contribution >= 0.6 is 15.9 Å². The molecule has 0 aliphatic rings. The SMILES string of the molecule is CCCNCc1cnc(-c2ccccc2Br)nc1. The van der Waals surface area contributed by atoms with Gasteiger partial charge in [0.1, 0.15) is 0 Å². The Bertz CT molecular complexity index is 497. The van der Waals surface area contributed by atoms with Gasteiger partial charge in [0.15, 0.2) is 5.82 Å². The van der Waals surface area contributed by atoms with Crippen LogP contribution in [0.15, 0.2) is 41.1 Å². The average molecular weight is 306 g/mol. The molecule has 94 valence electrons. The number of benzene rings is 1. The molecule has 1 heterocycles. The minimum Gasteiger partial charge on any atom is -0.313 e. The fourth-order valence-electron chi connectivity index (χ4n) is 1.64. The number of hydrogen-bond acceptors (Lipinski definition) is 3. The van der Waals surface area contributed by atoms with Crippen molar-refractivity contribution in [2.24, 2.45) is 0 Å². The van der Waals surface area contributed by atoms with E-state index >= 15 is 0 Å². The summed E-state index contributed by atoms with van der Waals surface area (Å²) in [6.45, 7) is 4.00. The zero-order valence-electron chi connectivity index (χ0n) is 10.4. The van der Waals surface area contributed by atoms with Crippen molar-refractivity contribution in [1.82, 2.24) is 15.3 Å². The first kappa shape index (κ1) is 13.2. The van der Waals surface area contributed by atoms with Gasteiger partial charge in [-0.2, -0.15) is 0 Å². The fourth-order valence-corrected chi connectivity index (χ4v) is 2.10. The standard InChI is InChI=1S/C14H16BrN3/c1-2-7-16-8-11-9-17-14(18-10-11)12-5-3-4-6-13(12)15/h3-6,9-10,16H,2,7-8H2,1H3. The summed E-state index contributed by atoms with van der Waals surface area (Å²) >= 11 is 3.51. The summed E-state index contributed by atoms with van der Waals surface area (Å²) in [5, 5.41) is 3.33. The summed E-state index contributed by atoms with van der Waals surface area (Å²) in [4.78, 5) is 8.81. The van der Waals surface area contributed by atoms with Gasteiger partial charge < -0.3 is 5.32 Å². The maximum atomic E-state index is 4.41. The van der Waals surface area contributed by atoms with Crippen molar-refractivity contribution in [3.63, 3.8) is 0 Å². The highest BCUT2D eigenvalue weighted by molar-refractivity contribution is 9.10. The van der Waals surface area contributed by atoms with Crippen LogP contribution in [0.3, 0.4) is 0 Å². The van der Waals surface area contributed by atoms with E-state index in [1.54, 1.807) is 0 Å². The van der Waals surface area contributed by atoms with Crippen molar-refractivity contribution >= 4 is 15.9 Å². The second-order valence-corrected chi connectivity index (χ2v) is 4.93. The van der Waals surface area contributed by atoms with E-state index in [-0.39, 0.29) is 0 Å². The molecule has 0 spiro atoms. The normalized spacial score (nSPS) is 10.6. The van der Waals surface area contributed by atoms with Crippen LogP contribution in [0.25, 0.3) is 11.4 Å². The molecule has 0 bridgehead atoms. The van der Waals surface area contributed by atoms with Gasteiger partial charge in [0.05, 0.1) is 0 Å². The summed E-state index contributed by atoms with van der Waals surface area (Å²) in [6.07, 6.45) is 4.89. The molecule has 1 N–H and O–H groups in total. The molecule has 4 heteroatoms. The van der Waals surface area contributed by atoms with Crippen molar-refractivity contribution in [2.45, 2.75) is 19.9 Å². The quantitative estimate of drug-likeness (QED) is 0.860. The lowest BCUT2D eigenvalue weighted by Gasteiger charge is -2.05. The Hall–Kier alpha value is -1.26. The molecule has 3 nitrogen and oxygen atoms in total. The highest BCUT2D eigenvalue weighted by Gasteiger charge is 2.04. The van der Waals surface area contributed by atoms with E-state index in [1.807, 2.05) is 36.7 Å². The van der Waals surface area contributed by atoms with E-state index in [1.165, 1.54) is 0 Å². The Morgan fingerprint density at radius 1 is 1.17 bits per heavy atom. The number of nitrogens with zero attached hydrogens (tertiary/aromatic N) is 2. The minimum atomic E-state index is 0.752. The van der Waals surface area contributed by atoms with Gasteiger partial charge >= 0.3 is 0 Å². The van der Waals surface area contributed by atoms with Crippen LogP contribution in [0.2, 0.25) is 0 Å². The number of nitrogens with one attached hydrogen (secondary N) is 1. The first-order chi connectivity index (χ1) is 8.81. The van der Waals surface area contributed by atoms with Gasteiger partial charge in [0.2, 0.25) is 0 Å². The van der Waals surface area contributed by atoms with Crippen LogP contribution < -0.4 is 5.32 Å². The third-order valence-electron chi connectivity index (χ3n) is 2.58. The van der Waals surface area contributed by atoms with Crippen molar-refractivity contribution in [3.8, 4) is 11.4 Å². The second kappa shape index (κ2) is 6.61. The number of aromatic nitrogens is 2. The van der Waals surface area contributed by atoms with Gasteiger partial charge in [0.25, 0.3) is 0 Å². The van der Waals surface area contributed by atoms with Crippen LogP contribution in [-0.2, 0) is 6.54 Å². The second-order valence-electron chi connectivity index (χ2n) is 4.07. The molecule has 18 heavy (non-hydrogen) atoms. The van der Waals surface area contributed by atoms with Gasteiger partial charge in [-0.15, -0.1) is 0 Å². The molecule has 0 aliphatic carbocycles. The molecule has 0 atom stereocenters. The molecule has 0 saturated carbocycles.